The molecular formula is C38H53Cl2N3O5. The number of piperazine rings is 1. The third-order valence-electron chi connectivity index (χ3n) is 9.67. The smallest absolute Gasteiger partial charge is 0.494 e. The Morgan fingerprint density at radius 1 is 0.896 bits per heavy atom. The van der Waals surface area contributed by atoms with E-state index < -0.39 is 6.16 Å². The summed E-state index contributed by atoms with van der Waals surface area (Å²) in [6, 6.07) is 14.7. The normalized spacial score (nSPS) is 15.4. The lowest BCUT2D eigenvalue weighted by Gasteiger charge is -2.37. The van der Waals surface area contributed by atoms with Gasteiger partial charge in [-0.3, -0.25) is 14.3 Å². The number of fused-ring (bicyclic) bond motifs is 1. The number of carbonyl (C=O) groups excluding carboxylic acids is 1. The Balaban J connectivity index is 1.21. The standard InChI is InChI=1S/C38H53Cl2N3O5/c1-6-17-37(3,4)27-38(5,7-2)18-25-47-36(45)48-28-43-33-26-30(15-13-29(33)14-16-34(43)44)46-24-9-8-19-41-20-22-42(23-21-41)32-12-10-11-31(39)35(32)40/h10-16,26H,6-9,17-25,27-28H2,1-5H3. The average molecular weight is 703 g/mol. The van der Waals surface area contributed by atoms with Crippen molar-refractivity contribution in [3.63, 3.8) is 0 Å². The SMILES string of the molecule is CCCC(C)(C)CC(C)(CC)CCOC(=O)OCn1c(=O)ccc2ccc(OCCCCN3CCN(c4cccc(Cl)c4Cl)CC3)cc21. The van der Waals surface area contributed by atoms with E-state index in [1.54, 1.807) is 6.07 Å². The number of unbranched alkanes of at least 4 members (excludes halogenated alkanes) is 1. The van der Waals surface area contributed by atoms with Crippen LogP contribution in [-0.4, -0.2) is 61.6 Å². The second kappa shape index (κ2) is 17.6. The van der Waals surface area contributed by atoms with Crippen LogP contribution in [0.5, 0.6) is 5.75 Å². The van der Waals surface area contributed by atoms with Crippen LogP contribution in [0.15, 0.2) is 53.3 Å². The van der Waals surface area contributed by atoms with Gasteiger partial charge in [0.05, 0.1) is 34.5 Å². The predicted octanol–water partition coefficient (Wildman–Crippen LogP) is 9.42. The molecule has 2 aromatic carbocycles. The highest BCUT2D eigenvalue weighted by atomic mass is 35.5. The van der Waals surface area contributed by atoms with Crippen LogP contribution in [0.25, 0.3) is 10.9 Å². The number of halogens is 2. The van der Waals surface area contributed by atoms with Crippen molar-refractivity contribution in [2.45, 2.75) is 86.3 Å². The molecule has 1 aromatic heterocycles. The molecule has 10 heteroatoms. The number of anilines is 1. The molecule has 3 aromatic rings. The molecule has 0 spiro atoms. The van der Waals surface area contributed by atoms with Gasteiger partial charge >= 0.3 is 6.16 Å². The molecule has 264 valence electrons. The highest BCUT2D eigenvalue weighted by Crippen LogP contribution is 2.41. The van der Waals surface area contributed by atoms with Gasteiger partial charge in [-0.15, -0.1) is 0 Å². The minimum atomic E-state index is -0.771. The highest BCUT2D eigenvalue weighted by molar-refractivity contribution is 6.43. The van der Waals surface area contributed by atoms with E-state index >= 15 is 0 Å². The third kappa shape index (κ3) is 10.8. The minimum Gasteiger partial charge on any atom is -0.494 e. The average Bonchev–Trinajstić information content (AvgIpc) is 3.05. The van der Waals surface area contributed by atoms with Crippen LogP contribution in [0.3, 0.4) is 0 Å². The number of hydrogen-bond acceptors (Lipinski definition) is 7. The van der Waals surface area contributed by atoms with Gasteiger partial charge < -0.3 is 19.1 Å². The molecule has 1 aliphatic rings. The van der Waals surface area contributed by atoms with E-state index in [1.807, 2.05) is 36.4 Å². The van der Waals surface area contributed by atoms with Crippen molar-refractivity contribution >= 4 is 45.9 Å². The van der Waals surface area contributed by atoms with Gasteiger partial charge in [-0.05, 0) is 85.2 Å². The molecule has 2 heterocycles. The second-order valence-electron chi connectivity index (χ2n) is 14.2. The Morgan fingerprint density at radius 2 is 1.65 bits per heavy atom. The summed E-state index contributed by atoms with van der Waals surface area (Å²) in [7, 11) is 0. The van der Waals surface area contributed by atoms with Crippen LogP contribution in [0.4, 0.5) is 10.5 Å². The van der Waals surface area contributed by atoms with Crippen molar-refractivity contribution in [3.8, 4) is 5.75 Å². The van der Waals surface area contributed by atoms with E-state index in [0.717, 1.165) is 82.3 Å². The molecule has 0 saturated carbocycles. The van der Waals surface area contributed by atoms with E-state index in [1.165, 1.54) is 17.1 Å². The third-order valence-corrected chi connectivity index (χ3v) is 10.5. The van der Waals surface area contributed by atoms with Gasteiger partial charge in [0.2, 0.25) is 0 Å². The molecule has 0 aliphatic carbocycles. The molecule has 4 rings (SSSR count). The molecule has 0 amide bonds. The van der Waals surface area contributed by atoms with Gasteiger partial charge in [-0.2, -0.15) is 0 Å². The van der Waals surface area contributed by atoms with Crippen molar-refractivity contribution < 1.29 is 19.0 Å². The van der Waals surface area contributed by atoms with Crippen molar-refractivity contribution in [1.29, 1.82) is 0 Å². The molecule has 0 N–H and O–H groups in total. The van der Waals surface area contributed by atoms with Crippen molar-refractivity contribution in [3.05, 3.63) is 68.9 Å². The van der Waals surface area contributed by atoms with Crippen molar-refractivity contribution in [2.24, 2.45) is 10.8 Å². The van der Waals surface area contributed by atoms with Gasteiger partial charge in [0.15, 0.2) is 6.73 Å². The number of carbonyl (C=O) groups is 1. The zero-order valence-corrected chi connectivity index (χ0v) is 30.9. The maximum Gasteiger partial charge on any atom is 0.510 e. The lowest BCUT2D eigenvalue weighted by Crippen LogP contribution is -2.46. The number of pyridine rings is 1. The van der Waals surface area contributed by atoms with Crippen LogP contribution in [0.2, 0.25) is 10.0 Å². The topological polar surface area (TPSA) is 73.2 Å². The lowest BCUT2D eigenvalue weighted by atomic mass is 9.69. The second-order valence-corrected chi connectivity index (χ2v) is 14.9. The Labute approximate surface area is 296 Å². The molecule has 0 radical (unpaired) electrons. The summed E-state index contributed by atoms with van der Waals surface area (Å²) in [6.07, 6.45) is 6.30. The fourth-order valence-electron chi connectivity index (χ4n) is 6.92. The molecule has 48 heavy (non-hydrogen) atoms. The number of nitrogens with zero attached hydrogens (tertiary/aromatic N) is 3. The maximum absolute atomic E-state index is 12.8. The molecule has 1 saturated heterocycles. The fourth-order valence-corrected chi connectivity index (χ4v) is 7.33. The summed E-state index contributed by atoms with van der Waals surface area (Å²) >= 11 is 12.6. The maximum atomic E-state index is 12.8. The van der Waals surface area contributed by atoms with Gasteiger partial charge in [-0.25, -0.2) is 4.79 Å². The van der Waals surface area contributed by atoms with Crippen LogP contribution in [0, 0.1) is 10.8 Å². The van der Waals surface area contributed by atoms with Gasteiger partial charge in [0.25, 0.3) is 5.56 Å². The number of rotatable bonds is 17. The molecule has 1 atom stereocenters. The van der Waals surface area contributed by atoms with Crippen LogP contribution in [0.1, 0.15) is 79.6 Å². The van der Waals surface area contributed by atoms with Crippen LogP contribution < -0.4 is 15.2 Å². The monoisotopic (exact) mass is 701 g/mol. The Bertz CT molecular complexity index is 1550. The first-order valence-electron chi connectivity index (χ1n) is 17.4. The quantitative estimate of drug-likeness (QED) is 0.103. The summed E-state index contributed by atoms with van der Waals surface area (Å²) in [5.41, 5.74) is 1.69. The lowest BCUT2D eigenvalue weighted by molar-refractivity contribution is 0.0223. The first-order chi connectivity index (χ1) is 22.9. The van der Waals surface area contributed by atoms with Crippen LogP contribution in [-0.2, 0) is 16.2 Å². The molecule has 1 aliphatic heterocycles. The number of hydrogen-bond donors (Lipinski definition) is 0. The summed E-state index contributed by atoms with van der Waals surface area (Å²) in [5.74, 6) is 0.668. The molecule has 0 bridgehead atoms. The summed E-state index contributed by atoms with van der Waals surface area (Å²) < 4.78 is 18.3. The molecule has 1 unspecified atom stereocenters. The number of benzene rings is 2. The van der Waals surface area contributed by atoms with E-state index in [9.17, 15) is 9.59 Å². The number of ether oxygens (including phenoxy) is 3. The molecular weight excluding hydrogens is 649 g/mol. The summed E-state index contributed by atoms with van der Waals surface area (Å²) in [5, 5.41) is 2.06. The summed E-state index contributed by atoms with van der Waals surface area (Å²) in [4.78, 5) is 30.1. The van der Waals surface area contributed by atoms with E-state index in [2.05, 4.69) is 44.4 Å². The van der Waals surface area contributed by atoms with Gasteiger partial charge in [-0.1, -0.05) is 76.7 Å². The summed E-state index contributed by atoms with van der Waals surface area (Å²) in [6.45, 7) is 16.7. The first-order valence-corrected chi connectivity index (χ1v) is 18.2. The zero-order chi connectivity index (χ0) is 34.7. The Kier molecular flexibility index (Phi) is 13.9. The zero-order valence-electron chi connectivity index (χ0n) is 29.4. The fraction of sp³-hybridized carbons (Fsp3) is 0.579. The van der Waals surface area contributed by atoms with E-state index in [0.29, 0.717) is 27.9 Å². The van der Waals surface area contributed by atoms with E-state index in [-0.39, 0.29) is 29.7 Å². The largest absolute Gasteiger partial charge is 0.510 e. The Morgan fingerprint density at radius 3 is 2.38 bits per heavy atom. The van der Waals surface area contributed by atoms with Gasteiger partial charge in [0.1, 0.15) is 5.75 Å². The van der Waals surface area contributed by atoms with E-state index in [4.69, 9.17) is 37.4 Å². The Hall–Kier alpha value is -2.94. The highest BCUT2D eigenvalue weighted by Gasteiger charge is 2.31. The molecule has 8 nitrogen and oxygen atoms in total. The van der Waals surface area contributed by atoms with Crippen molar-refractivity contribution in [1.82, 2.24) is 9.47 Å². The van der Waals surface area contributed by atoms with Crippen LogP contribution >= 0.6 is 23.2 Å². The number of aromatic nitrogens is 1. The first kappa shape index (κ1) is 37.9. The molecule has 1 fully saturated rings. The predicted molar refractivity (Wildman–Crippen MR) is 197 cm³/mol. The van der Waals surface area contributed by atoms with Crippen molar-refractivity contribution in [2.75, 3.05) is 50.8 Å². The van der Waals surface area contributed by atoms with Gasteiger partial charge in [0, 0.05) is 38.3 Å². The minimum absolute atomic E-state index is 0.0742.